The summed E-state index contributed by atoms with van der Waals surface area (Å²) in [5.41, 5.74) is 2.66. The van der Waals surface area contributed by atoms with Gasteiger partial charge in [-0.3, -0.25) is 14.8 Å². The summed E-state index contributed by atoms with van der Waals surface area (Å²) >= 11 is 0. The van der Waals surface area contributed by atoms with Crippen molar-refractivity contribution in [3.63, 3.8) is 0 Å². The summed E-state index contributed by atoms with van der Waals surface area (Å²) in [6, 6.07) is 5.93. The Balaban J connectivity index is 2.25. The van der Waals surface area contributed by atoms with Crippen LogP contribution in [-0.4, -0.2) is 26.8 Å². The zero-order valence-electron chi connectivity index (χ0n) is 12.8. The van der Waals surface area contributed by atoms with Crippen molar-refractivity contribution in [2.75, 3.05) is 0 Å². The monoisotopic (exact) mass is 283 g/mol. The number of pyridine rings is 2. The second kappa shape index (κ2) is 6.97. The van der Waals surface area contributed by atoms with Gasteiger partial charge in [0, 0.05) is 37.4 Å². The van der Waals surface area contributed by atoms with Crippen LogP contribution in [0.5, 0.6) is 0 Å². The Bertz CT molecular complexity index is 598. The molecule has 21 heavy (non-hydrogen) atoms. The maximum atomic E-state index is 12.8. The second-order valence-electron chi connectivity index (χ2n) is 5.30. The van der Waals surface area contributed by atoms with Crippen molar-refractivity contribution in [1.82, 2.24) is 14.9 Å². The molecular weight excluding hydrogens is 262 g/mol. The van der Waals surface area contributed by atoms with Crippen LogP contribution < -0.4 is 0 Å². The predicted octanol–water partition coefficient (Wildman–Crippen LogP) is 3.23. The Morgan fingerprint density at radius 2 is 2.10 bits per heavy atom. The van der Waals surface area contributed by atoms with Gasteiger partial charge in [-0.1, -0.05) is 13.0 Å². The van der Waals surface area contributed by atoms with E-state index in [0.717, 1.165) is 17.5 Å². The lowest BCUT2D eigenvalue weighted by Crippen LogP contribution is -2.37. The van der Waals surface area contributed by atoms with E-state index < -0.39 is 0 Å². The van der Waals surface area contributed by atoms with Crippen LogP contribution in [0, 0.1) is 6.92 Å². The van der Waals surface area contributed by atoms with E-state index in [1.807, 2.05) is 30.0 Å². The van der Waals surface area contributed by atoms with Crippen LogP contribution in [0.2, 0.25) is 0 Å². The van der Waals surface area contributed by atoms with Gasteiger partial charge in [0.15, 0.2) is 0 Å². The molecule has 0 aliphatic heterocycles. The summed E-state index contributed by atoms with van der Waals surface area (Å²) in [6.45, 7) is 6.66. The minimum atomic E-state index is 0.0180. The highest BCUT2D eigenvalue weighted by atomic mass is 16.2. The van der Waals surface area contributed by atoms with Gasteiger partial charge in [0.2, 0.25) is 0 Å². The fourth-order valence-electron chi connectivity index (χ4n) is 2.17. The smallest absolute Gasteiger partial charge is 0.255 e. The van der Waals surface area contributed by atoms with Crippen molar-refractivity contribution in [1.29, 1.82) is 0 Å². The minimum Gasteiger partial charge on any atom is -0.332 e. The lowest BCUT2D eigenvalue weighted by molar-refractivity contribution is 0.0671. The molecule has 110 valence electrons. The summed E-state index contributed by atoms with van der Waals surface area (Å²) in [4.78, 5) is 22.9. The molecule has 1 atom stereocenters. The molecule has 0 aromatic carbocycles. The van der Waals surface area contributed by atoms with Gasteiger partial charge >= 0.3 is 0 Å². The SMILES string of the molecule is CCC(C)N(Cc1cccnc1)C(=O)c1cncc(C)c1. The standard InChI is InChI=1S/C17H21N3O/c1-4-14(3)20(12-15-6-5-7-18-10-15)17(21)16-8-13(2)9-19-11-16/h5-11,14H,4,12H2,1-3H3. The van der Waals surface area contributed by atoms with Crippen molar-refractivity contribution in [3.8, 4) is 0 Å². The maximum Gasteiger partial charge on any atom is 0.255 e. The van der Waals surface area contributed by atoms with E-state index in [0.29, 0.717) is 12.1 Å². The number of aryl methyl sites for hydroxylation is 1. The number of hydrogen-bond donors (Lipinski definition) is 0. The lowest BCUT2D eigenvalue weighted by atomic mass is 10.1. The Hall–Kier alpha value is -2.23. The zero-order chi connectivity index (χ0) is 15.2. The largest absolute Gasteiger partial charge is 0.332 e. The Labute approximate surface area is 125 Å². The van der Waals surface area contributed by atoms with E-state index in [4.69, 9.17) is 0 Å². The molecule has 0 aliphatic rings. The second-order valence-corrected chi connectivity index (χ2v) is 5.30. The molecule has 0 aliphatic carbocycles. The number of carbonyl (C=O) groups excluding carboxylic acids is 1. The third kappa shape index (κ3) is 3.88. The average molecular weight is 283 g/mol. The van der Waals surface area contributed by atoms with E-state index in [1.54, 1.807) is 24.8 Å². The Morgan fingerprint density at radius 1 is 1.29 bits per heavy atom. The molecule has 4 nitrogen and oxygen atoms in total. The van der Waals surface area contributed by atoms with Crippen molar-refractivity contribution >= 4 is 5.91 Å². The molecule has 2 aromatic rings. The van der Waals surface area contributed by atoms with Crippen LogP contribution in [0.3, 0.4) is 0 Å². The zero-order valence-corrected chi connectivity index (χ0v) is 12.8. The first-order chi connectivity index (χ1) is 10.1. The number of amides is 1. The molecule has 0 radical (unpaired) electrons. The third-order valence-electron chi connectivity index (χ3n) is 3.58. The fourth-order valence-corrected chi connectivity index (χ4v) is 2.17. The van der Waals surface area contributed by atoms with E-state index in [2.05, 4.69) is 23.8 Å². The molecule has 0 spiro atoms. The average Bonchev–Trinajstić information content (AvgIpc) is 2.52. The van der Waals surface area contributed by atoms with Crippen LogP contribution >= 0.6 is 0 Å². The summed E-state index contributed by atoms with van der Waals surface area (Å²) in [7, 11) is 0. The highest BCUT2D eigenvalue weighted by Gasteiger charge is 2.21. The number of hydrogen-bond acceptors (Lipinski definition) is 3. The molecular formula is C17H21N3O. The molecule has 0 bridgehead atoms. The summed E-state index contributed by atoms with van der Waals surface area (Å²) < 4.78 is 0. The molecule has 1 unspecified atom stereocenters. The van der Waals surface area contributed by atoms with E-state index in [-0.39, 0.29) is 11.9 Å². The number of aromatic nitrogens is 2. The van der Waals surface area contributed by atoms with Gasteiger partial charge in [-0.05, 0) is 43.5 Å². The quantitative estimate of drug-likeness (QED) is 0.846. The molecule has 0 N–H and O–H groups in total. The predicted molar refractivity (Wildman–Crippen MR) is 82.8 cm³/mol. The van der Waals surface area contributed by atoms with Crippen molar-refractivity contribution in [2.24, 2.45) is 0 Å². The van der Waals surface area contributed by atoms with Crippen LogP contribution in [0.15, 0.2) is 43.0 Å². The first-order valence-corrected chi connectivity index (χ1v) is 7.23. The molecule has 2 heterocycles. The van der Waals surface area contributed by atoms with Crippen LogP contribution in [0.1, 0.15) is 41.8 Å². The first kappa shape index (κ1) is 15.2. The molecule has 0 saturated carbocycles. The number of nitrogens with zero attached hydrogens (tertiary/aromatic N) is 3. The highest BCUT2D eigenvalue weighted by molar-refractivity contribution is 5.94. The van der Waals surface area contributed by atoms with Gasteiger partial charge in [0.05, 0.1) is 5.56 Å². The van der Waals surface area contributed by atoms with E-state index >= 15 is 0 Å². The minimum absolute atomic E-state index is 0.0180. The number of carbonyl (C=O) groups is 1. The maximum absolute atomic E-state index is 12.8. The topological polar surface area (TPSA) is 46.1 Å². The van der Waals surface area contributed by atoms with Gasteiger partial charge in [-0.25, -0.2) is 0 Å². The molecule has 1 amide bonds. The van der Waals surface area contributed by atoms with Gasteiger partial charge in [0.1, 0.15) is 0 Å². The summed E-state index contributed by atoms with van der Waals surface area (Å²) in [6.07, 6.45) is 7.84. The van der Waals surface area contributed by atoms with Crippen LogP contribution in [0.25, 0.3) is 0 Å². The van der Waals surface area contributed by atoms with Crippen LogP contribution in [0.4, 0.5) is 0 Å². The molecule has 2 rings (SSSR count). The van der Waals surface area contributed by atoms with Gasteiger partial charge in [0.25, 0.3) is 5.91 Å². The highest BCUT2D eigenvalue weighted by Crippen LogP contribution is 2.15. The third-order valence-corrected chi connectivity index (χ3v) is 3.58. The summed E-state index contributed by atoms with van der Waals surface area (Å²) in [5, 5.41) is 0. The van der Waals surface area contributed by atoms with E-state index in [9.17, 15) is 4.79 Å². The number of rotatable bonds is 5. The molecule has 4 heteroatoms. The van der Waals surface area contributed by atoms with Crippen molar-refractivity contribution in [2.45, 2.75) is 39.8 Å². The summed E-state index contributed by atoms with van der Waals surface area (Å²) in [5.74, 6) is 0.0180. The van der Waals surface area contributed by atoms with Crippen LogP contribution in [-0.2, 0) is 6.54 Å². The van der Waals surface area contributed by atoms with Crippen molar-refractivity contribution in [3.05, 3.63) is 59.7 Å². The van der Waals surface area contributed by atoms with Gasteiger partial charge in [-0.15, -0.1) is 0 Å². The van der Waals surface area contributed by atoms with E-state index in [1.165, 1.54) is 0 Å². The normalized spacial score (nSPS) is 12.0. The molecule has 2 aromatic heterocycles. The Morgan fingerprint density at radius 3 is 2.71 bits per heavy atom. The fraction of sp³-hybridized carbons (Fsp3) is 0.353. The Kier molecular flexibility index (Phi) is 5.04. The van der Waals surface area contributed by atoms with Crippen molar-refractivity contribution < 1.29 is 4.79 Å². The first-order valence-electron chi connectivity index (χ1n) is 7.23. The van der Waals surface area contributed by atoms with Gasteiger partial charge in [-0.2, -0.15) is 0 Å². The van der Waals surface area contributed by atoms with Gasteiger partial charge < -0.3 is 4.90 Å². The molecule has 0 fully saturated rings. The molecule has 0 saturated heterocycles. The lowest BCUT2D eigenvalue weighted by Gasteiger charge is -2.28.